The van der Waals surface area contributed by atoms with Crippen molar-refractivity contribution in [2.45, 2.75) is 58.5 Å². The van der Waals surface area contributed by atoms with Gasteiger partial charge in [-0.1, -0.05) is 11.6 Å². The Morgan fingerprint density at radius 3 is 2.94 bits per heavy atom. The van der Waals surface area contributed by atoms with Crippen LogP contribution < -0.4 is 5.32 Å². The molecule has 0 radical (unpaired) electrons. The van der Waals surface area contributed by atoms with Gasteiger partial charge in [-0.15, -0.1) is 0 Å². The quantitative estimate of drug-likeness (QED) is 0.694. The van der Waals surface area contributed by atoms with Crippen molar-refractivity contribution < 1.29 is 9.53 Å². The molecule has 0 heterocycles. The van der Waals surface area contributed by atoms with Crippen LogP contribution in [-0.4, -0.2) is 25.2 Å². The van der Waals surface area contributed by atoms with Gasteiger partial charge in [0.05, 0.1) is 12.7 Å². The SMILES string of the molecule is CC(C)OCCC(=O)NCCC1=CCCCC1. The summed E-state index contributed by atoms with van der Waals surface area (Å²) in [5, 5.41) is 2.94. The number of amides is 1. The number of carbonyl (C=O) groups excluding carboxylic acids is 1. The molecule has 17 heavy (non-hydrogen) atoms. The molecule has 1 amide bonds. The maximum atomic E-state index is 11.5. The third-order valence-electron chi connectivity index (χ3n) is 2.93. The Labute approximate surface area is 105 Å². The van der Waals surface area contributed by atoms with Gasteiger partial charge in [-0.2, -0.15) is 0 Å². The van der Waals surface area contributed by atoms with Crippen LogP contribution in [0, 0.1) is 0 Å². The van der Waals surface area contributed by atoms with E-state index in [2.05, 4.69) is 11.4 Å². The minimum Gasteiger partial charge on any atom is -0.378 e. The van der Waals surface area contributed by atoms with Crippen LogP contribution >= 0.6 is 0 Å². The van der Waals surface area contributed by atoms with Gasteiger partial charge in [0.15, 0.2) is 0 Å². The summed E-state index contributed by atoms with van der Waals surface area (Å²) < 4.78 is 5.34. The summed E-state index contributed by atoms with van der Waals surface area (Å²) in [6, 6.07) is 0. The molecule has 3 nitrogen and oxygen atoms in total. The van der Waals surface area contributed by atoms with Crippen LogP contribution in [0.1, 0.15) is 52.4 Å². The maximum Gasteiger partial charge on any atom is 0.222 e. The van der Waals surface area contributed by atoms with Gasteiger partial charge in [0.1, 0.15) is 0 Å². The Kier molecular flexibility index (Phi) is 6.94. The van der Waals surface area contributed by atoms with Gasteiger partial charge in [-0.3, -0.25) is 4.79 Å². The lowest BCUT2D eigenvalue weighted by molar-refractivity contribution is -0.122. The van der Waals surface area contributed by atoms with Crippen molar-refractivity contribution in [3.05, 3.63) is 11.6 Å². The van der Waals surface area contributed by atoms with Gasteiger partial charge in [-0.25, -0.2) is 0 Å². The molecule has 1 aliphatic carbocycles. The molecule has 1 N–H and O–H groups in total. The van der Waals surface area contributed by atoms with E-state index in [0.717, 1.165) is 13.0 Å². The second kappa shape index (κ2) is 8.29. The molecular weight excluding hydrogens is 214 g/mol. The maximum absolute atomic E-state index is 11.5. The highest BCUT2D eigenvalue weighted by atomic mass is 16.5. The van der Waals surface area contributed by atoms with Crippen LogP contribution in [0.5, 0.6) is 0 Å². The zero-order chi connectivity index (χ0) is 12.5. The van der Waals surface area contributed by atoms with Crippen LogP contribution in [0.25, 0.3) is 0 Å². The summed E-state index contributed by atoms with van der Waals surface area (Å²) in [6.45, 7) is 5.25. The normalized spacial score (nSPS) is 15.8. The largest absolute Gasteiger partial charge is 0.378 e. The molecular formula is C14H25NO2. The van der Waals surface area contributed by atoms with E-state index in [-0.39, 0.29) is 12.0 Å². The van der Waals surface area contributed by atoms with E-state index < -0.39 is 0 Å². The van der Waals surface area contributed by atoms with E-state index >= 15 is 0 Å². The van der Waals surface area contributed by atoms with Gasteiger partial charge in [0.25, 0.3) is 0 Å². The fourth-order valence-corrected chi connectivity index (χ4v) is 1.97. The minimum atomic E-state index is 0.0991. The molecule has 0 aromatic heterocycles. The van der Waals surface area contributed by atoms with Crippen LogP contribution in [0.4, 0.5) is 0 Å². The first-order chi connectivity index (χ1) is 8.18. The van der Waals surface area contributed by atoms with Crippen molar-refractivity contribution in [3.63, 3.8) is 0 Å². The van der Waals surface area contributed by atoms with Crippen LogP contribution in [0.2, 0.25) is 0 Å². The number of hydrogen-bond acceptors (Lipinski definition) is 2. The highest BCUT2D eigenvalue weighted by molar-refractivity contribution is 5.75. The van der Waals surface area contributed by atoms with E-state index in [0.29, 0.717) is 13.0 Å². The van der Waals surface area contributed by atoms with Crippen LogP contribution in [0.3, 0.4) is 0 Å². The molecule has 3 heteroatoms. The molecule has 0 atom stereocenters. The molecule has 0 spiro atoms. The Morgan fingerprint density at radius 2 is 2.29 bits per heavy atom. The number of hydrogen-bond donors (Lipinski definition) is 1. The average molecular weight is 239 g/mol. The number of allylic oxidation sites excluding steroid dienone is 1. The van der Waals surface area contributed by atoms with Crippen LogP contribution in [-0.2, 0) is 9.53 Å². The molecule has 0 aromatic rings. The zero-order valence-electron chi connectivity index (χ0n) is 11.1. The third-order valence-corrected chi connectivity index (χ3v) is 2.93. The predicted molar refractivity (Wildman–Crippen MR) is 69.9 cm³/mol. The topological polar surface area (TPSA) is 38.3 Å². The molecule has 1 rings (SSSR count). The predicted octanol–water partition coefficient (Wildman–Crippen LogP) is 2.81. The summed E-state index contributed by atoms with van der Waals surface area (Å²) in [6.07, 6.45) is 9.07. The molecule has 0 aromatic carbocycles. The van der Waals surface area contributed by atoms with Crippen molar-refractivity contribution in [1.82, 2.24) is 5.32 Å². The van der Waals surface area contributed by atoms with Crippen LogP contribution in [0.15, 0.2) is 11.6 Å². The molecule has 1 aliphatic rings. The van der Waals surface area contributed by atoms with Gasteiger partial charge in [-0.05, 0) is 46.0 Å². The van der Waals surface area contributed by atoms with E-state index in [4.69, 9.17) is 4.74 Å². The first-order valence-electron chi connectivity index (χ1n) is 6.74. The second-order valence-corrected chi connectivity index (χ2v) is 4.88. The first-order valence-corrected chi connectivity index (χ1v) is 6.74. The van der Waals surface area contributed by atoms with Gasteiger partial charge in [0, 0.05) is 13.0 Å². The number of ether oxygens (including phenoxy) is 1. The summed E-state index contributed by atoms with van der Waals surface area (Å²) >= 11 is 0. The summed E-state index contributed by atoms with van der Waals surface area (Å²) in [5.41, 5.74) is 1.51. The number of rotatable bonds is 7. The van der Waals surface area contributed by atoms with Crippen molar-refractivity contribution in [2.24, 2.45) is 0 Å². The third kappa shape index (κ3) is 7.16. The van der Waals surface area contributed by atoms with E-state index in [1.807, 2.05) is 13.8 Å². The number of nitrogens with one attached hydrogen (secondary N) is 1. The smallest absolute Gasteiger partial charge is 0.222 e. The summed E-state index contributed by atoms with van der Waals surface area (Å²) in [4.78, 5) is 11.5. The van der Waals surface area contributed by atoms with Crippen molar-refractivity contribution in [1.29, 1.82) is 0 Å². The Bertz CT molecular complexity index is 259. The zero-order valence-corrected chi connectivity index (χ0v) is 11.1. The van der Waals surface area contributed by atoms with Crippen molar-refractivity contribution in [3.8, 4) is 0 Å². The Balaban J connectivity index is 2.01. The average Bonchev–Trinajstić information content (AvgIpc) is 2.30. The van der Waals surface area contributed by atoms with Crippen molar-refractivity contribution in [2.75, 3.05) is 13.2 Å². The fourth-order valence-electron chi connectivity index (χ4n) is 1.97. The van der Waals surface area contributed by atoms with Gasteiger partial charge in [0.2, 0.25) is 5.91 Å². The monoisotopic (exact) mass is 239 g/mol. The fraction of sp³-hybridized carbons (Fsp3) is 0.786. The lowest BCUT2D eigenvalue weighted by atomic mass is 9.97. The summed E-state index contributed by atoms with van der Waals surface area (Å²) in [5.74, 6) is 0.0991. The molecule has 0 unspecified atom stereocenters. The minimum absolute atomic E-state index is 0.0991. The molecule has 0 aliphatic heterocycles. The molecule has 0 saturated carbocycles. The Hall–Kier alpha value is -0.830. The van der Waals surface area contributed by atoms with Gasteiger partial charge < -0.3 is 10.1 Å². The lowest BCUT2D eigenvalue weighted by Crippen LogP contribution is -2.26. The van der Waals surface area contributed by atoms with E-state index in [1.165, 1.54) is 31.3 Å². The standard InChI is InChI=1S/C14H25NO2/c1-12(2)17-11-9-14(16)15-10-8-13-6-4-3-5-7-13/h6,12H,3-5,7-11H2,1-2H3,(H,15,16). The molecule has 98 valence electrons. The number of carbonyl (C=O) groups is 1. The highest BCUT2D eigenvalue weighted by Crippen LogP contribution is 2.19. The lowest BCUT2D eigenvalue weighted by Gasteiger charge is -2.13. The first kappa shape index (κ1) is 14.2. The molecule has 0 bridgehead atoms. The van der Waals surface area contributed by atoms with Gasteiger partial charge >= 0.3 is 0 Å². The molecule has 0 fully saturated rings. The van der Waals surface area contributed by atoms with E-state index in [1.54, 1.807) is 0 Å². The van der Waals surface area contributed by atoms with Crippen molar-refractivity contribution >= 4 is 5.91 Å². The molecule has 0 saturated heterocycles. The Morgan fingerprint density at radius 1 is 1.47 bits per heavy atom. The highest BCUT2D eigenvalue weighted by Gasteiger charge is 2.05. The summed E-state index contributed by atoms with van der Waals surface area (Å²) in [7, 11) is 0. The second-order valence-electron chi connectivity index (χ2n) is 4.88. The van der Waals surface area contributed by atoms with E-state index in [9.17, 15) is 4.79 Å².